The Kier molecular flexibility index (Phi) is 4.95. The van der Waals surface area contributed by atoms with Gasteiger partial charge in [-0.2, -0.15) is 0 Å². The van der Waals surface area contributed by atoms with E-state index in [9.17, 15) is 4.39 Å². The first-order valence-corrected chi connectivity index (χ1v) is 9.54. The summed E-state index contributed by atoms with van der Waals surface area (Å²) in [6.07, 6.45) is 5.15. The maximum atomic E-state index is 14.6. The fourth-order valence-electron chi connectivity index (χ4n) is 2.58. The van der Waals surface area contributed by atoms with Gasteiger partial charge in [-0.25, -0.2) is 0 Å². The second-order valence-electron chi connectivity index (χ2n) is 5.45. The number of halogens is 1. The molecule has 3 rings (SSSR count). The van der Waals surface area contributed by atoms with Crippen LogP contribution in [-0.4, -0.2) is 14.5 Å². The van der Waals surface area contributed by atoms with Gasteiger partial charge in [0.2, 0.25) is 0 Å². The molecule has 0 N–H and O–H groups in total. The van der Waals surface area contributed by atoms with Crippen LogP contribution in [0, 0.1) is 5.82 Å². The van der Waals surface area contributed by atoms with Crippen LogP contribution in [0.3, 0.4) is 0 Å². The topological polar surface area (TPSA) is 0 Å². The minimum atomic E-state index is -0.134. The Labute approximate surface area is 143 Å². The van der Waals surface area contributed by atoms with E-state index in [0.717, 1.165) is 27.5 Å². The quantitative estimate of drug-likeness (QED) is 0.509. The zero-order chi connectivity index (χ0) is 16.2. The van der Waals surface area contributed by atoms with Crippen molar-refractivity contribution in [3.8, 4) is 21.1 Å². The van der Waals surface area contributed by atoms with Crippen LogP contribution in [-0.2, 0) is 6.42 Å². The van der Waals surface area contributed by atoms with Gasteiger partial charge in [-0.1, -0.05) is 0 Å². The molecule has 0 unspecified atom stereocenters. The molecule has 0 aliphatic heterocycles. The van der Waals surface area contributed by atoms with E-state index in [2.05, 4.69) is 43.3 Å². The molecule has 2 heteroatoms. The van der Waals surface area contributed by atoms with Gasteiger partial charge in [0.25, 0.3) is 0 Å². The van der Waals surface area contributed by atoms with Crippen LogP contribution in [0.1, 0.15) is 23.8 Å². The van der Waals surface area contributed by atoms with Gasteiger partial charge in [0.05, 0.1) is 0 Å². The normalized spacial score (nSPS) is 11.3. The Bertz CT molecular complexity index is 825. The monoisotopic (exact) mass is 370 g/mol. The Hall–Kier alpha value is -1.89. The Morgan fingerprint density at radius 1 is 0.957 bits per heavy atom. The van der Waals surface area contributed by atoms with Crippen molar-refractivity contribution in [3.63, 3.8) is 0 Å². The van der Waals surface area contributed by atoms with E-state index in [1.54, 1.807) is 6.07 Å². The van der Waals surface area contributed by atoms with Crippen molar-refractivity contribution >= 4 is 20.6 Å². The molecule has 2 aromatic carbocycles. The molecule has 0 atom stereocenters. The van der Waals surface area contributed by atoms with E-state index in [1.165, 1.54) is 10.0 Å². The van der Waals surface area contributed by atoms with Crippen molar-refractivity contribution in [2.45, 2.75) is 20.3 Å². The van der Waals surface area contributed by atoms with Crippen molar-refractivity contribution in [3.05, 3.63) is 76.5 Å². The first-order valence-electron chi connectivity index (χ1n) is 7.83. The summed E-state index contributed by atoms with van der Waals surface area (Å²) in [6, 6.07) is 18.1. The molecule has 0 spiro atoms. The van der Waals surface area contributed by atoms with E-state index in [4.69, 9.17) is 0 Å². The van der Waals surface area contributed by atoms with Gasteiger partial charge >= 0.3 is 143 Å². The summed E-state index contributed by atoms with van der Waals surface area (Å²) in [6.45, 7) is 4.14. The molecule has 0 saturated heterocycles. The van der Waals surface area contributed by atoms with Crippen LogP contribution in [0.4, 0.5) is 4.39 Å². The molecule has 0 amide bonds. The average Bonchev–Trinajstić information content (AvgIpc) is 3.03. The summed E-state index contributed by atoms with van der Waals surface area (Å²) >= 11 is 0.192. The van der Waals surface area contributed by atoms with Crippen LogP contribution in [0.25, 0.3) is 27.2 Å². The van der Waals surface area contributed by atoms with Crippen molar-refractivity contribution < 1.29 is 4.39 Å². The molecule has 0 saturated carbocycles. The van der Waals surface area contributed by atoms with Gasteiger partial charge in [-0.15, -0.1) is 0 Å². The summed E-state index contributed by atoms with van der Waals surface area (Å²) in [5.74, 6) is -0.134. The van der Waals surface area contributed by atoms with E-state index < -0.39 is 0 Å². The molecule has 0 aliphatic carbocycles. The van der Waals surface area contributed by atoms with E-state index in [0.29, 0.717) is 0 Å². The van der Waals surface area contributed by atoms with Crippen molar-refractivity contribution in [2.24, 2.45) is 0 Å². The third kappa shape index (κ3) is 3.55. The van der Waals surface area contributed by atoms with E-state index >= 15 is 0 Å². The number of rotatable bonds is 4. The Balaban J connectivity index is 1.93. The fraction of sp³-hybridized carbons (Fsp3) is 0.143. The molecule has 1 aromatic heterocycles. The first kappa shape index (κ1) is 16.0. The molecule has 3 aromatic rings. The number of aryl methyl sites for hydroxylation is 1. The fourth-order valence-corrected chi connectivity index (χ4v) is 4.69. The van der Waals surface area contributed by atoms with Crippen LogP contribution in [0.2, 0.25) is 0 Å². The predicted octanol–water partition coefficient (Wildman–Crippen LogP) is 5.81. The van der Waals surface area contributed by atoms with Crippen molar-refractivity contribution in [1.82, 2.24) is 0 Å². The SMILES string of the molecule is CC=Cc1ccc(-c2ccc(-c3ccc(CC)cc3)cc2F)[se]1. The number of hydrogen-bond donors (Lipinski definition) is 0. The molecule has 0 radical (unpaired) electrons. The molecule has 23 heavy (non-hydrogen) atoms. The predicted molar refractivity (Wildman–Crippen MR) is 98.3 cm³/mol. The number of benzene rings is 2. The maximum absolute atomic E-state index is 14.6. The Morgan fingerprint density at radius 3 is 2.35 bits per heavy atom. The average molecular weight is 369 g/mol. The number of allylic oxidation sites excluding steroid dienone is 1. The molecule has 0 fully saturated rings. The van der Waals surface area contributed by atoms with Gasteiger partial charge < -0.3 is 0 Å². The second kappa shape index (κ2) is 7.12. The first-order chi connectivity index (χ1) is 11.2. The van der Waals surface area contributed by atoms with Crippen molar-refractivity contribution in [1.29, 1.82) is 0 Å². The summed E-state index contributed by atoms with van der Waals surface area (Å²) in [4.78, 5) is 0. The summed E-state index contributed by atoms with van der Waals surface area (Å²) < 4.78 is 17.0. The van der Waals surface area contributed by atoms with Gasteiger partial charge in [-0.05, 0) is 0 Å². The van der Waals surface area contributed by atoms with E-state index in [1.807, 2.05) is 31.2 Å². The molecule has 0 nitrogen and oxygen atoms in total. The Morgan fingerprint density at radius 2 is 1.70 bits per heavy atom. The number of hydrogen-bond acceptors (Lipinski definition) is 0. The second-order valence-corrected chi connectivity index (χ2v) is 7.79. The van der Waals surface area contributed by atoms with Gasteiger partial charge in [0.15, 0.2) is 0 Å². The third-order valence-corrected chi connectivity index (χ3v) is 6.16. The summed E-state index contributed by atoms with van der Waals surface area (Å²) in [5.41, 5.74) is 4.02. The van der Waals surface area contributed by atoms with Crippen LogP contribution in [0.15, 0.2) is 60.7 Å². The van der Waals surface area contributed by atoms with Crippen LogP contribution in [0.5, 0.6) is 0 Å². The standard InChI is InChI=1S/C21H19FSe/c1-3-5-18-11-13-21(23-18)19-12-10-17(14-20(19)22)16-8-6-15(4-2)7-9-16/h3,5-14H,4H2,1-2H3. The van der Waals surface area contributed by atoms with Gasteiger partial charge in [-0.3, -0.25) is 0 Å². The van der Waals surface area contributed by atoms with Gasteiger partial charge in [0, 0.05) is 0 Å². The molecule has 0 aliphatic rings. The van der Waals surface area contributed by atoms with E-state index in [-0.39, 0.29) is 20.3 Å². The molecule has 1 heterocycles. The molecule has 116 valence electrons. The van der Waals surface area contributed by atoms with Gasteiger partial charge in [0.1, 0.15) is 0 Å². The minimum absolute atomic E-state index is 0.134. The third-order valence-electron chi connectivity index (χ3n) is 3.89. The zero-order valence-electron chi connectivity index (χ0n) is 13.3. The molecular formula is C21H19FSe. The summed E-state index contributed by atoms with van der Waals surface area (Å²) in [7, 11) is 0. The molecule has 0 bridgehead atoms. The zero-order valence-corrected chi connectivity index (χ0v) is 15.1. The van der Waals surface area contributed by atoms with Crippen LogP contribution >= 0.6 is 0 Å². The van der Waals surface area contributed by atoms with Crippen LogP contribution < -0.4 is 0 Å². The molecular weight excluding hydrogens is 350 g/mol. The van der Waals surface area contributed by atoms with Crippen molar-refractivity contribution in [2.75, 3.05) is 0 Å². The summed E-state index contributed by atoms with van der Waals surface area (Å²) in [5, 5.41) is 0.